The fourth-order valence-electron chi connectivity index (χ4n) is 4.96. The first-order valence-corrected chi connectivity index (χ1v) is 12.7. The van der Waals surface area contributed by atoms with Crippen molar-refractivity contribution in [3.8, 4) is 0 Å². The Kier molecular flexibility index (Phi) is 8.24. The molecule has 1 fully saturated rings. The standard InChI is InChI=1S/C26H33F5N7O/c1-15(9-10-23(17(3)27)39-26(29,30)31)19-8-6-7-11-37-24(19)34-25(35-37)33-21-13-20(28)22(12-16(21)2)38(5)14-32-18(4)36-38/h9-10,12-14,16,19,21,25,33,35H,1,6-8,11H2,2-5H3/q+1. The second-order valence-corrected chi connectivity index (χ2v) is 10.1. The van der Waals surface area contributed by atoms with Crippen LogP contribution in [0, 0.1) is 11.8 Å². The number of likely N-dealkylation sites (N-methyl/N-ethyl adjacent to an activating group) is 1. The number of aliphatic imine (C=N–C) groups is 2. The molecule has 0 bridgehead atoms. The minimum absolute atomic E-state index is 0.0853. The van der Waals surface area contributed by atoms with Gasteiger partial charge in [0.15, 0.2) is 29.4 Å². The number of halogens is 5. The van der Waals surface area contributed by atoms with Crippen LogP contribution in [0.25, 0.3) is 0 Å². The van der Waals surface area contributed by atoms with Gasteiger partial charge in [0, 0.05) is 25.4 Å². The van der Waals surface area contributed by atoms with Crippen LogP contribution in [-0.4, -0.2) is 59.9 Å². The summed E-state index contributed by atoms with van der Waals surface area (Å²) in [5.74, 6) is -1.58. The smallest absolute Gasteiger partial charge is 0.403 e. The van der Waals surface area contributed by atoms with Crippen molar-refractivity contribution in [2.45, 2.75) is 58.7 Å². The molecule has 0 saturated carbocycles. The number of allylic oxidation sites excluding steroid dienone is 4. The molecule has 0 aromatic rings. The van der Waals surface area contributed by atoms with E-state index >= 15 is 4.39 Å². The zero-order chi connectivity index (χ0) is 28.5. The van der Waals surface area contributed by atoms with E-state index in [1.165, 1.54) is 12.2 Å². The molecule has 3 heterocycles. The van der Waals surface area contributed by atoms with Gasteiger partial charge in [-0.05, 0) is 49.5 Å². The van der Waals surface area contributed by atoms with Gasteiger partial charge in [-0.25, -0.2) is 13.8 Å². The van der Waals surface area contributed by atoms with Crippen LogP contribution in [0.5, 0.6) is 0 Å². The summed E-state index contributed by atoms with van der Waals surface area (Å²) in [6.45, 7) is 9.29. The van der Waals surface area contributed by atoms with Crippen LogP contribution in [0.2, 0.25) is 0 Å². The average Bonchev–Trinajstić information content (AvgIpc) is 3.33. The molecule has 0 spiro atoms. The number of nitrogens with one attached hydrogen (secondary N) is 2. The molecule has 0 aromatic heterocycles. The summed E-state index contributed by atoms with van der Waals surface area (Å²) >= 11 is 0. The third-order valence-corrected chi connectivity index (χ3v) is 6.93. The molecular formula is C26H33F5N7O+. The summed E-state index contributed by atoms with van der Waals surface area (Å²) in [6, 6.07) is -0.364. The van der Waals surface area contributed by atoms with Gasteiger partial charge in [0.1, 0.15) is 18.7 Å². The SMILES string of the molecule is C=C(C=CC(OC(F)(F)F)=C(C)F)C1CCCCN2NC(NC3C=C(F)C([N+]4(C)C=NC(C)=N4)=CC3C)N=C12. The summed E-state index contributed by atoms with van der Waals surface area (Å²) in [4.78, 5) is 8.94. The number of nitrogens with zero attached hydrogens (tertiary/aromatic N) is 5. The number of quaternary nitrogens is 1. The minimum atomic E-state index is -5.01. The first-order chi connectivity index (χ1) is 18.3. The first-order valence-electron chi connectivity index (χ1n) is 12.7. The predicted octanol–water partition coefficient (Wildman–Crippen LogP) is 5.31. The normalized spacial score (nSPS) is 31.8. The van der Waals surface area contributed by atoms with Crippen LogP contribution < -0.4 is 10.7 Å². The van der Waals surface area contributed by atoms with Crippen molar-refractivity contribution in [3.05, 3.63) is 59.6 Å². The molecule has 2 N–H and O–H groups in total. The highest BCUT2D eigenvalue weighted by molar-refractivity contribution is 5.89. The fraction of sp³-hybridized carbons (Fsp3) is 0.500. The highest BCUT2D eigenvalue weighted by Crippen LogP contribution is 2.33. The van der Waals surface area contributed by atoms with Crippen LogP contribution in [0.3, 0.4) is 0 Å². The summed E-state index contributed by atoms with van der Waals surface area (Å²) in [7, 11) is 1.76. The zero-order valence-electron chi connectivity index (χ0n) is 22.3. The van der Waals surface area contributed by atoms with Crippen molar-refractivity contribution in [3.63, 3.8) is 0 Å². The Morgan fingerprint density at radius 2 is 2.03 bits per heavy atom. The minimum Gasteiger partial charge on any atom is -0.403 e. The number of hydrogen-bond donors (Lipinski definition) is 2. The van der Waals surface area contributed by atoms with E-state index < -0.39 is 30.1 Å². The maximum atomic E-state index is 15.2. The van der Waals surface area contributed by atoms with Gasteiger partial charge in [0.05, 0.1) is 0 Å². The predicted molar refractivity (Wildman–Crippen MR) is 139 cm³/mol. The zero-order valence-corrected chi connectivity index (χ0v) is 22.3. The first kappa shape index (κ1) is 28.8. The molecule has 1 saturated heterocycles. The van der Waals surface area contributed by atoms with Crippen molar-refractivity contribution in [1.82, 2.24) is 15.8 Å². The van der Waals surface area contributed by atoms with E-state index in [4.69, 9.17) is 4.99 Å². The largest absolute Gasteiger partial charge is 0.573 e. The van der Waals surface area contributed by atoms with Crippen molar-refractivity contribution in [2.24, 2.45) is 26.9 Å². The van der Waals surface area contributed by atoms with E-state index in [1.54, 1.807) is 20.3 Å². The van der Waals surface area contributed by atoms with Gasteiger partial charge >= 0.3 is 6.36 Å². The van der Waals surface area contributed by atoms with Crippen molar-refractivity contribution in [2.75, 3.05) is 13.6 Å². The molecule has 8 nitrogen and oxygen atoms in total. The Balaban J connectivity index is 1.48. The van der Waals surface area contributed by atoms with Crippen LogP contribution in [-0.2, 0) is 4.74 Å². The molecule has 0 radical (unpaired) electrons. The van der Waals surface area contributed by atoms with Crippen molar-refractivity contribution < 1.29 is 31.3 Å². The monoisotopic (exact) mass is 554 g/mol. The molecule has 1 aliphatic carbocycles. The highest BCUT2D eigenvalue weighted by atomic mass is 19.4. The second kappa shape index (κ2) is 11.1. The number of ether oxygens (including phenoxy) is 1. The molecular weight excluding hydrogens is 521 g/mol. The molecule has 5 unspecified atom stereocenters. The summed E-state index contributed by atoms with van der Waals surface area (Å²) in [5.41, 5.74) is 4.17. The number of fused-ring (bicyclic) bond motifs is 1. The van der Waals surface area contributed by atoms with Gasteiger partial charge < -0.3 is 4.74 Å². The molecule has 3 aliphatic heterocycles. The second-order valence-electron chi connectivity index (χ2n) is 10.1. The van der Waals surface area contributed by atoms with Gasteiger partial charge in [-0.1, -0.05) is 31.1 Å². The van der Waals surface area contributed by atoms with Gasteiger partial charge in [-0.2, -0.15) is 10.4 Å². The Hall–Kier alpha value is -3.16. The van der Waals surface area contributed by atoms with E-state index in [0.717, 1.165) is 25.8 Å². The lowest BCUT2D eigenvalue weighted by atomic mass is 9.93. The Bertz CT molecular complexity index is 1210. The van der Waals surface area contributed by atoms with Gasteiger partial charge in [0.2, 0.25) is 6.34 Å². The average molecular weight is 555 g/mol. The summed E-state index contributed by atoms with van der Waals surface area (Å²) < 4.78 is 70.4. The molecule has 212 valence electrons. The summed E-state index contributed by atoms with van der Waals surface area (Å²) in [5, 5.41) is 9.63. The van der Waals surface area contributed by atoms with Crippen LogP contribution >= 0.6 is 0 Å². The topological polar surface area (TPSA) is 73.6 Å². The van der Waals surface area contributed by atoms with Gasteiger partial charge in [-0.15, -0.1) is 17.8 Å². The van der Waals surface area contributed by atoms with Crippen LogP contribution in [0.15, 0.2) is 74.7 Å². The lowest BCUT2D eigenvalue weighted by molar-refractivity contribution is -0.776. The number of alkyl halides is 3. The van der Waals surface area contributed by atoms with E-state index in [1.807, 2.05) is 18.0 Å². The Morgan fingerprint density at radius 1 is 1.28 bits per heavy atom. The van der Waals surface area contributed by atoms with E-state index in [2.05, 4.69) is 32.2 Å². The van der Waals surface area contributed by atoms with E-state index in [-0.39, 0.29) is 22.5 Å². The maximum Gasteiger partial charge on any atom is 0.573 e. The molecule has 39 heavy (non-hydrogen) atoms. The van der Waals surface area contributed by atoms with E-state index in [9.17, 15) is 17.6 Å². The third-order valence-electron chi connectivity index (χ3n) is 6.93. The number of amidine groups is 2. The molecule has 4 aliphatic rings. The lowest BCUT2D eigenvalue weighted by Gasteiger charge is -2.30. The van der Waals surface area contributed by atoms with Gasteiger partial charge in [0.25, 0.3) is 0 Å². The summed E-state index contributed by atoms with van der Waals surface area (Å²) in [6.07, 6.45) is 3.99. The van der Waals surface area contributed by atoms with Gasteiger partial charge in [-0.3, -0.25) is 10.3 Å². The van der Waals surface area contributed by atoms with Crippen LogP contribution in [0.4, 0.5) is 22.0 Å². The quantitative estimate of drug-likeness (QED) is 0.194. The fourth-order valence-corrected chi connectivity index (χ4v) is 4.96. The highest BCUT2D eigenvalue weighted by Gasteiger charge is 2.40. The Labute approximate surface area is 224 Å². The molecule has 0 amide bonds. The molecule has 13 heteroatoms. The van der Waals surface area contributed by atoms with Crippen LogP contribution in [0.1, 0.15) is 40.0 Å². The number of rotatable bonds is 7. The van der Waals surface area contributed by atoms with E-state index in [0.29, 0.717) is 35.9 Å². The number of hydrazine groups is 1. The van der Waals surface area contributed by atoms with Crippen molar-refractivity contribution >= 4 is 18.0 Å². The third kappa shape index (κ3) is 6.71. The molecule has 5 atom stereocenters. The lowest BCUT2D eigenvalue weighted by Crippen LogP contribution is -2.51. The van der Waals surface area contributed by atoms with Crippen molar-refractivity contribution in [1.29, 1.82) is 0 Å². The molecule has 0 aromatic carbocycles. The molecule has 4 rings (SSSR count). The number of hydrogen-bond acceptors (Lipinski definition) is 7. The Morgan fingerprint density at radius 3 is 2.67 bits per heavy atom. The maximum absolute atomic E-state index is 15.2.